The van der Waals surface area contributed by atoms with Crippen LogP contribution in [0.2, 0.25) is 5.02 Å². The van der Waals surface area contributed by atoms with Gasteiger partial charge in [-0.2, -0.15) is 4.31 Å². The molecular formula is C24H27BrClFN2O5S2. The van der Waals surface area contributed by atoms with Crippen LogP contribution in [-0.2, 0) is 24.7 Å². The molecule has 1 aliphatic heterocycles. The molecule has 1 fully saturated rings. The first-order chi connectivity index (χ1) is 16.6. The molecule has 0 spiro atoms. The Kier molecular flexibility index (Phi) is 8.72. The lowest BCUT2D eigenvalue weighted by atomic mass is 9.93. The molecule has 0 aliphatic carbocycles. The van der Waals surface area contributed by atoms with Gasteiger partial charge in [-0.05, 0) is 43.7 Å². The van der Waals surface area contributed by atoms with Crippen LogP contribution in [0.1, 0.15) is 25.3 Å². The number of hydrogen-bond acceptors (Lipinski definition) is 5. The van der Waals surface area contributed by atoms with Crippen LogP contribution in [-0.4, -0.2) is 58.1 Å². The van der Waals surface area contributed by atoms with Gasteiger partial charge in [-0.3, -0.25) is 4.79 Å². The highest BCUT2D eigenvalue weighted by Crippen LogP contribution is 2.39. The fourth-order valence-electron chi connectivity index (χ4n) is 3.99. The van der Waals surface area contributed by atoms with Crippen molar-refractivity contribution in [2.24, 2.45) is 0 Å². The van der Waals surface area contributed by atoms with Crippen molar-refractivity contribution in [3.05, 3.63) is 62.9 Å². The minimum Gasteiger partial charge on any atom is -0.347 e. The van der Waals surface area contributed by atoms with E-state index < -0.39 is 37.5 Å². The minimum absolute atomic E-state index is 0.0391. The van der Waals surface area contributed by atoms with Crippen LogP contribution in [0.25, 0.3) is 11.1 Å². The van der Waals surface area contributed by atoms with Crippen molar-refractivity contribution in [1.82, 2.24) is 9.62 Å². The third-order valence-corrected chi connectivity index (χ3v) is 9.36. The van der Waals surface area contributed by atoms with Gasteiger partial charge in [-0.25, -0.2) is 21.2 Å². The lowest BCUT2D eigenvalue weighted by Crippen LogP contribution is -2.53. The molecule has 0 radical (unpaired) electrons. The van der Waals surface area contributed by atoms with E-state index in [-0.39, 0.29) is 30.8 Å². The largest absolute Gasteiger partial charge is 0.347 e. The number of nitrogens with zero attached hydrogens (tertiary/aromatic N) is 1. The third kappa shape index (κ3) is 6.55. The van der Waals surface area contributed by atoms with Gasteiger partial charge in [0, 0.05) is 64.3 Å². The Morgan fingerprint density at radius 2 is 1.83 bits per heavy atom. The molecule has 196 valence electrons. The number of aryl methyl sites for hydroxylation is 1. The Labute approximate surface area is 224 Å². The minimum atomic E-state index is -4.04. The summed E-state index contributed by atoms with van der Waals surface area (Å²) in [5.74, 6) is -0.902. The predicted molar refractivity (Wildman–Crippen MR) is 143 cm³/mol. The van der Waals surface area contributed by atoms with E-state index in [1.165, 1.54) is 23.4 Å². The zero-order valence-corrected chi connectivity index (χ0v) is 23.9. The number of sulfonamides is 1. The molecule has 3 rings (SSSR count). The van der Waals surface area contributed by atoms with Crippen LogP contribution >= 0.6 is 27.5 Å². The Morgan fingerprint density at radius 3 is 2.42 bits per heavy atom. The molecule has 2 aromatic rings. The molecule has 0 saturated carbocycles. The van der Waals surface area contributed by atoms with Gasteiger partial charge in [-0.1, -0.05) is 45.7 Å². The molecule has 2 aromatic carbocycles. The molecular weight excluding hydrogens is 595 g/mol. The number of benzene rings is 2. The van der Waals surface area contributed by atoms with Crippen molar-refractivity contribution >= 4 is 53.3 Å². The van der Waals surface area contributed by atoms with E-state index in [4.69, 9.17) is 11.6 Å². The summed E-state index contributed by atoms with van der Waals surface area (Å²) in [5.41, 5.74) is -0.462. The molecule has 1 amide bonds. The maximum absolute atomic E-state index is 15.5. The Morgan fingerprint density at radius 1 is 1.19 bits per heavy atom. The van der Waals surface area contributed by atoms with Gasteiger partial charge in [0.1, 0.15) is 0 Å². The van der Waals surface area contributed by atoms with Crippen LogP contribution in [0.15, 0.2) is 57.3 Å². The van der Waals surface area contributed by atoms with Gasteiger partial charge in [0.2, 0.25) is 10.0 Å². The van der Waals surface area contributed by atoms with Gasteiger partial charge in [0.25, 0.3) is 5.91 Å². The van der Waals surface area contributed by atoms with Crippen LogP contribution < -0.4 is 5.32 Å². The first-order valence-electron chi connectivity index (χ1n) is 11.1. The summed E-state index contributed by atoms with van der Waals surface area (Å²) in [6, 6.07) is 9.37. The first-order valence-corrected chi connectivity index (χ1v) is 15.6. The lowest BCUT2D eigenvalue weighted by Gasteiger charge is -2.35. The standard InChI is InChI=1S/C24H27BrClFN2O5S2/c1-16-5-4-6-20(26)22(16)19-15-18(25)7-8-21(19)36(33,34)29-12-10-24(27,11-13-29)23(30)28-17(2)9-14-35(3,31)32/h4-9,14-15,17H,10-13H2,1-3H3,(H,28,30)/b14-9-/t17-/m1/s1. The van der Waals surface area contributed by atoms with Crippen molar-refractivity contribution in [2.75, 3.05) is 19.3 Å². The molecule has 0 bridgehead atoms. The summed E-state index contributed by atoms with van der Waals surface area (Å²) >= 11 is 9.82. The Balaban J connectivity index is 1.83. The zero-order valence-electron chi connectivity index (χ0n) is 20.0. The average Bonchev–Trinajstić information content (AvgIpc) is 2.77. The van der Waals surface area contributed by atoms with Crippen molar-refractivity contribution in [1.29, 1.82) is 0 Å². The van der Waals surface area contributed by atoms with Crippen molar-refractivity contribution in [3.63, 3.8) is 0 Å². The van der Waals surface area contributed by atoms with Crippen LogP contribution in [0.3, 0.4) is 0 Å². The van der Waals surface area contributed by atoms with Crippen LogP contribution in [0.5, 0.6) is 0 Å². The summed E-state index contributed by atoms with van der Waals surface area (Å²) < 4.78 is 67.1. The predicted octanol–water partition coefficient (Wildman–Crippen LogP) is 4.63. The van der Waals surface area contributed by atoms with E-state index >= 15 is 4.39 Å². The molecule has 0 aromatic heterocycles. The molecule has 1 aliphatic rings. The molecule has 1 heterocycles. The number of halogens is 3. The molecule has 0 unspecified atom stereocenters. The number of carbonyl (C=O) groups excluding carboxylic acids is 1. The molecule has 36 heavy (non-hydrogen) atoms. The maximum atomic E-state index is 15.5. The van der Waals surface area contributed by atoms with Crippen molar-refractivity contribution in [3.8, 4) is 11.1 Å². The average molecular weight is 622 g/mol. The Bertz CT molecular complexity index is 1390. The van der Waals surface area contributed by atoms with E-state index in [1.807, 2.05) is 13.0 Å². The summed E-state index contributed by atoms with van der Waals surface area (Å²) in [5, 5.41) is 3.79. The second-order valence-electron chi connectivity index (χ2n) is 8.86. The van der Waals surface area contributed by atoms with E-state index in [1.54, 1.807) is 24.3 Å². The third-order valence-electron chi connectivity index (χ3n) is 5.95. The molecule has 1 N–H and O–H groups in total. The van der Waals surface area contributed by atoms with Crippen molar-refractivity contribution < 1.29 is 26.0 Å². The second kappa shape index (κ2) is 10.9. The summed E-state index contributed by atoms with van der Waals surface area (Å²) in [4.78, 5) is 12.6. The highest BCUT2D eigenvalue weighted by atomic mass is 79.9. The van der Waals surface area contributed by atoms with Crippen molar-refractivity contribution in [2.45, 2.75) is 43.3 Å². The van der Waals surface area contributed by atoms with Gasteiger partial charge in [0.05, 0.1) is 4.90 Å². The number of carbonyl (C=O) groups is 1. The van der Waals surface area contributed by atoms with Crippen LogP contribution in [0.4, 0.5) is 4.39 Å². The summed E-state index contributed by atoms with van der Waals surface area (Å²) in [6.07, 6.45) is 1.59. The summed E-state index contributed by atoms with van der Waals surface area (Å²) in [7, 11) is -7.42. The highest BCUT2D eigenvalue weighted by Gasteiger charge is 2.45. The monoisotopic (exact) mass is 620 g/mol. The topological polar surface area (TPSA) is 101 Å². The maximum Gasteiger partial charge on any atom is 0.258 e. The fourth-order valence-corrected chi connectivity index (χ4v) is 6.81. The zero-order chi connectivity index (χ0) is 26.9. The van der Waals surface area contributed by atoms with E-state index in [0.717, 1.165) is 17.2 Å². The Hall–Kier alpha value is -1.79. The van der Waals surface area contributed by atoms with E-state index in [9.17, 15) is 21.6 Å². The molecule has 1 atom stereocenters. The number of hydrogen-bond donors (Lipinski definition) is 1. The van der Waals surface area contributed by atoms with Gasteiger partial charge < -0.3 is 5.32 Å². The number of sulfone groups is 1. The number of alkyl halides is 1. The van der Waals surface area contributed by atoms with Crippen LogP contribution in [0, 0.1) is 6.92 Å². The fraction of sp³-hybridized carbons (Fsp3) is 0.375. The molecule has 1 saturated heterocycles. The lowest BCUT2D eigenvalue weighted by molar-refractivity contribution is -0.135. The quantitative estimate of drug-likeness (QED) is 0.486. The smallest absolute Gasteiger partial charge is 0.258 e. The van der Waals surface area contributed by atoms with E-state index in [0.29, 0.717) is 20.6 Å². The second-order valence-corrected chi connectivity index (χ2v) is 14.0. The number of amides is 1. The normalized spacial score (nSPS) is 17.7. The van der Waals surface area contributed by atoms with Gasteiger partial charge >= 0.3 is 0 Å². The van der Waals surface area contributed by atoms with Gasteiger partial charge in [0.15, 0.2) is 15.5 Å². The van der Waals surface area contributed by atoms with Gasteiger partial charge in [-0.15, -0.1) is 0 Å². The highest BCUT2D eigenvalue weighted by molar-refractivity contribution is 9.10. The van der Waals surface area contributed by atoms with E-state index in [2.05, 4.69) is 21.2 Å². The SMILES string of the molecule is Cc1cccc(Cl)c1-c1cc(Br)ccc1S(=O)(=O)N1CCC(F)(C(=O)N[C@H](C)/C=C\S(C)(=O)=O)CC1. The molecule has 7 nitrogen and oxygen atoms in total. The molecule has 12 heteroatoms. The number of piperidine rings is 1. The first kappa shape index (κ1) is 28.8. The number of nitrogens with one attached hydrogen (secondary N) is 1. The summed E-state index contributed by atoms with van der Waals surface area (Å²) in [6.45, 7) is 2.96. The number of rotatable bonds is 7.